The first-order valence-electron chi connectivity index (χ1n) is 9.05. The molecular formula is C23H18FN3O2. The molecule has 29 heavy (non-hydrogen) atoms. The van der Waals surface area contributed by atoms with Crippen LogP contribution in [0.2, 0.25) is 0 Å². The highest BCUT2D eigenvalue weighted by molar-refractivity contribution is 5.97. The second kappa shape index (κ2) is 7.98. The third-order valence-corrected chi connectivity index (χ3v) is 4.57. The Labute approximate surface area is 166 Å². The molecule has 0 aliphatic carbocycles. The topological polar surface area (TPSA) is 66.6 Å². The van der Waals surface area contributed by atoms with Gasteiger partial charge >= 0.3 is 0 Å². The summed E-state index contributed by atoms with van der Waals surface area (Å²) in [5.41, 5.74) is 5.30. The molecule has 4 rings (SSSR count). The number of nitrogens with one attached hydrogen (secondary N) is 1. The smallest absolute Gasteiger partial charge is 0.275 e. The van der Waals surface area contributed by atoms with Crippen LogP contribution >= 0.6 is 0 Å². The molecule has 1 amide bonds. The van der Waals surface area contributed by atoms with Crippen molar-refractivity contribution in [3.05, 3.63) is 102 Å². The van der Waals surface area contributed by atoms with Crippen molar-refractivity contribution >= 4 is 23.0 Å². The predicted octanol–water partition coefficient (Wildman–Crippen LogP) is 4.30. The van der Waals surface area contributed by atoms with Crippen molar-refractivity contribution in [3.8, 4) is 5.75 Å². The van der Waals surface area contributed by atoms with Crippen molar-refractivity contribution < 1.29 is 14.3 Å². The van der Waals surface area contributed by atoms with Gasteiger partial charge in [-0.1, -0.05) is 30.3 Å². The summed E-state index contributed by atoms with van der Waals surface area (Å²) in [5, 5.41) is 14.7. The van der Waals surface area contributed by atoms with Crippen LogP contribution in [0.3, 0.4) is 0 Å². The molecule has 6 heteroatoms. The Balaban J connectivity index is 1.47. The molecule has 0 saturated heterocycles. The summed E-state index contributed by atoms with van der Waals surface area (Å²) >= 11 is 0. The van der Waals surface area contributed by atoms with Crippen LogP contribution in [0.15, 0.2) is 84.1 Å². The number of phenolic OH excluding ortho intramolecular Hbond substituents is 1. The first-order valence-corrected chi connectivity index (χ1v) is 9.05. The van der Waals surface area contributed by atoms with E-state index in [-0.39, 0.29) is 17.1 Å². The number of halogens is 1. The second-order valence-corrected chi connectivity index (χ2v) is 6.61. The number of fused-ring (bicyclic) bond motifs is 1. The van der Waals surface area contributed by atoms with E-state index >= 15 is 0 Å². The second-order valence-electron chi connectivity index (χ2n) is 6.61. The minimum atomic E-state index is -0.485. The minimum Gasteiger partial charge on any atom is -0.507 e. The van der Waals surface area contributed by atoms with Crippen molar-refractivity contribution in [1.82, 2.24) is 9.99 Å². The Kier molecular flexibility index (Phi) is 5.07. The highest BCUT2D eigenvalue weighted by Crippen LogP contribution is 2.19. The molecule has 1 aromatic heterocycles. The Bertz CT molecular complexity index is 1210. The molecule has 4 aromatic rings. The minimum absolute atomic E-state index is 0.0961. The maximum Gasteiger partial charge on any atom is 0.275 e. The molecule has 0 aliphatic heterocycles. The highest BCUT2D eigenvalue weighted by Gasteiger charge is 2.08. The van der Waals surface area contributed by atoms with Gasteiger partial charge in [0.2, 0.25) is 0 Å². The zero-order chi connectivity index (χ0) is 20.2. The largest absolute Gasteiger partial charge is 0.507 e. The number of benzene rings is 3. The number of hydrogen-bond donors (Lipinski definition) is 2. The summed E-state index contributed by atoms with van der Waals surface area (Å²) in [6.07, 6.45) is 3.50. The maximum absolute atomic E-state index is 13.4. The Morgan fingerprint density at radius 1 is 1.07 bits per heavy atom. The number of carbonyl (C=O) groups excluding carboxylic acids is 1. The quantitative estimate of drug-likeness (QED) is 0.396. The fourth-order valence-corrected chi connectivity index (χ4v) is 3.16. The Morgan fingerprint density at radius 3 is 2.76 bits per heavy atom. The fourth-order valence-electron chi connectivity index (χ4n) is 3.16. The maximum atomic E-state index is 13.4. The average Bonchev–Trinajstić information content (AvgIpc) is 3.10. The molecule has 5 nitrogen and oxygen atoms in total. The van der Waals surface area contributed by atoms with E-state index in [2.05, 4.69) is 10.5 Å². The van der Waals surface area contributed by atoms with Gasteiger partial charge in [0.25, 0.3) is 5.91 Å². The van der Waals surface area contributed by atoms with Crippen LogP contribution in [0.5, 0.6) is 5.75 Å². The lowest BCUT2D eigenvalue weighted by molar-refractivity contribution is 0.0952. The summed E-state index contributed by atoms with van der Waals surface area (Å²) < 4.78 is 15.4. The number of hydrazone groups is 1. The van der Waals surface area contributed by atoms with Crippen LogP contribution in [0, 0.1) is 5.82 Å². The third-order valence-electron chi connectivity index (χ3n) is 4.57. The van der Waals surface area contributed by atoms with E-state index < -0.39 is 5.91 Å². The normalized spacial score (nSPS) is 11.2. The van der Waals surface area contributed by atoms with Gasteiger partial charge in [0.1, 0.15) is 11.6 Å². The Hall–Kier alpha value is -3.93. The molecule has 0 saturated carbocycles. The number of nitrogens with zero attached hydrogens (tertiary/aromatic N) is 2. The number of para-hydroxylation sites is 1. The van der Waals surface area contributed by atoms with Gasteiger partial charge in [-0.15, -0.1) is 0 Å². The van der Waals surface area contributed by atoms with Gasteiger partial charge in [-0.3, -0.25) is 4.79 Å². The molecule has 0 atom stereocenters. The van der Waals surface area contributed by atoms with Gasteiger partial charge in [0.05, 0.1) is 11.8 Å². The fraction of sp³-hybridized carbons (Fsp3) is 0.0435. The lowest BCUT2D eigenvalue weighted by Gasteiger charge is -2.06. The molecule has 0 unspecified atom stereocenters. The monoisotopic (exact) mass is 387 g/mol. The number of carbonyl (C=O) groups is 1. The van der Waals surface area contributed by atoms with Gasteiger partial charge in [0.15, 0.2) is 0 Å². The SMILES string of the molecule is O=C(N/N=C\c1ccc2c(ccn2Cc2cccc(F)c2)c1)c1ccccc1O. The molecule has 144 valence electrons. The molecule has 0 aliphatic rings. The van der Waals surface area contributed by atoms with Gasteiger partial charge in [0, 0.05) is 23.6 Å². The summed E-state index contributed by atoms with van der Waals surface area (Å²) in [5.74, 6) is -0.828. The lowest BCUT2D eigenvalue weighted by Crippen LogP contribution is -2.17. The number of aromatic nitrogens is 1. The van der Waals surface area contributed by atoms with Gasteiger partial charge in [-0.25, -0.2) is 9.82 Å². The van der Waals surface area contributed by atoms with E-state index in [1.54, 1.807) is 24.4 Å². The molecule has 3 aromatic carbocycles. The van der Waals surface area contributed by atoms with Crippen molar-refractivity contribution in [2.75, 3.05) is 0 Å². The lowest BCUT2D eigenvalue weighted by atomic mass is 10.1. The van der Waals surface area contributed by atoms with Crippen molar-refractivity contribution in [2.45, 2.75) is 6.54 Å². The summed E-state index contributed by atoms with van der Waals surface area (Å²) in [4.78, 5) is 12.1. The van der Waals surface area contributed by atoms with Crippen LogP contribution in [0.25, 0.3) is 10.9 Å². The van der Waals surface area contributed by atoms with E-state index in [1.807, 2.05) is 41.1 Å². The number of aromatic hydroxyl groups is 1. The number of rotatable bonds is 5. The molecular weight excluding hydrogens is 369 g/mol. The standard InChI is InChI=1S/C23H18FN3O2/c24-19-5-3-4-17(13-19)15-27-11-10-18-12-16(8-9-21(18)27)14-25-26-23(29)20-6-1-2-7-22(20)28/h1-14,28H,15H2,(H,26,29)/b25-14-. The van der Waals surface area contributed by atoms with Crippen LogP contribution in [0.1, 0.15) is 21.5 Å². The molecule has 0 fully saturated rings. The zero-order valence-corrected chi connectivity index (χ0v) is 15.4. The predicted molar refractivity (Wildman–Crippen MR) is 111 cm³/mol. The number of phenols is 1. The number of amides is 1. The zero-order valence-electron chi connectivity index (χ0n) is 15.4. The molecule has 1 heterocycles. The summed E-state index contributed by atoms with van der Waals surface area (Å²) in [6.45, 7) is 0.575. The molecule has 0 spiro atoms. The van der Waals surface area contributed by atoms with E-state index in [9.17, 15) is 14.3 Å². The molecule has 0 bridgehead atoms. The van der Waals surface area contributed by atoms with E-state index in [4.69, 9.17) is 0 Å². The number of hydrogen-bond acceptors (Lipinski definition) is 3. The van der Waals surface area contributed by atoms with Crippen molar-refractivity contribution in [1.29, 1.82) is 0 Å². The van der Waals surface area contributed by atoms with Crippen molar-refractivity contribution in [2.24, 2.45) is 5.10 Å². The van der Waals surface area contributed by atoms with Crippen LogP contribution in [-0.4, -0.2) is 21.8 Å². The first kappa shape index (κ1) is 18.4. The third kappa shape index (κ3) is 4.16. The Morgan fingerprint density at radius 2 is 1.93 bits per heavy atom. The summed E-state index contributed by atoms with van der Waals surface area (Å²) in [6, 6.07) is 20.6. The van der Waals surface area contributed by atoms with Gasteiger partial charge in [-0.2, -0.15) is 5.10 Å². The van der Waals surface area contributed by atoms with Crippen LogP contribution in [0.4, 0.5) is 4.39 Å². The average molecular weight is 387 g/mol. The summed E-state index contributed by atoms with van der Waals surface area (Å²) in [7, 11) is 0. The highest BCUT2D eigenvalue weighted by atomic mass is 19.1. The molecule has 0 radical (unpaired) electrons. The first-order chi connectivity index (χ1) is 14.1. The van der Waals surface area contributed by atoms with Gasteiger partial charge in [-0.05, 0) is 53.6 Å². The van der Waals surface area contributed by atoms with E-state index in [1.165, 1.54) is 24.3 Å². The van der Waals surface area contributed by atoms with Gasteiger partial charge < -0.3 is 9.67 Å². The van der Waals surface area contributed by atoms with Crippen molar-refractivity contribution in [3.63, 3.8) is 0 Å². The van der Waals surface area contributed by atoms with Crippen LogP contribution in [-0.2, 0) is 6.54 Å². The van der Waals surface area contributed by atoms with Crippen LogP contribution < -0.4 is 5.43 Å². The molecule has 2 N–H and O–H groups in total. The van der Waals surface area contributed by atoms with E-state index in [0.717, 1.165) is 22.0 Å². The van der Waals surface area contributed by atoms with E-state index in [0.29, 0.717) is 6.54 Å².